The number of carbonyl (C=O) groups is 2. The number of piperazine rings is 1. The summed E-state index contributed by atoms with van der Waals surface area (Å²) in [5.74, 6) is 0.836. The maximum absolute atomic E-state index is 16.0. The number of benzene rings is 1. The second-order valence-corrected chi connectivity index (χ2v) is 11.6. The number of thiophene rings is 1. The number of pyridine rings is 1. The van der Waals surface area contributed by atoms with Crippen molar-refractivity contribution in [3.63, 3.8) is 0 Å². The fraction of sp³-hybridized carbons (Fsp3) is 0.345. The van der Waals surface area contributed by atoms with E-state index in [4.69, 9.17) is 16.3 Å². The lowest BCUT2D eigenvalue weighted by atomic mass is 9.99. The number of rotatable bonds is 7. The maximum atomic E-state index is 16.0. The zero-order valence-corrected chi connectivity index (χ0v) is 24.6. The summed E-state index contributed by atoms with van der Waals surface area (Å²) in [7, 11) is 1.61. The van der Waals surface area contributed by atoms with Crippen LogP contribution in [0, 0.1) is 5.82 Å². The molecule has 0 unspecified atom stereocenters. The molecule has 218 valence electrons. The highest BCUT2D eigenvalue weighted by Gasteiger charge is 2.28. The van der Waals surface area contributed by atoms with E-state index in [1.54, 1.807) is 52.3 Å². The molecule has 4 aromatic rings. The summed E-state index contributed by atoms with van der Waals surface area (Å²) >= 11 is 7.76. The van der Waals surface area contributed by atoms with E-state index in [9.17, 15) is 9.59 Å². The van der Waals surface area contributed by atoms with Gasteiger partial charge in [-0.05, 0) is 36.3 Å². The number of hydrogen-bond donors (Lipinski definition) is 0. The van der Waals surface area contributed by atoms with Crippen LogP contribution in [-0.4, -0.2) is 88.0 Å². The van der Waals surface area contributed by atoms with Crippen LogP contribution in [0.25, 0.3) is 15.7 Å². The first-order valence-electron chi connectivity index (χ1n) is 13.7. The summed E-state index contributed by atoms with van der Waals surface area (Å²) in [5.41, 5.74) is 1.07. The molecule has 0 atom stereocenters. The van der Waals surface area contributed by atoms with Gasteiger partial charge in [-0.3, -0.25) is 14.3 Å². The van der Waals surface area contributed by atoms with E-state index >= 15 is 4.39 Å². The van der Waals surface area contributed by atoms with Gasteiger partial charge in [0, 0.05) is 69.0 Å². The predicted molar refractivity (Wildman–Crippen MR) is 160 cm³/mol. The van der Waals surface area contributed by atoms with E-state index in [0.29, 0.717) is 82.6 Å². The molecule has 13 heteroatoms. The molecular weight excluding hydrogens is 581 g/mol. The van der Waals surface area contributed by atoms with Crippen molar-refractivity contribution in [3.05, 3.63) is 70.2 Å². The Kier molecular flexibility index (Phi) is 8.07. The summed E-state index contributed by atoms with van der Waals surface area (Å²) in [6.07, 6.45) is 7.85. The molecule has 5 heterocycles. The number of ether oxygens (including phenoxy) is 1. The first kappa shape index (κ1) is 28.1. The first-order valence-corrected chi connectivity index (χ1v) is 14.9. The number of amides is 2. The lowest BCUT2D eigenvalue weighted by molar-refractivity contribution is -0.131. The van der Waals surface area contributed by atoms with Crippen LogP contribution >= 0.6 is 22.9 Å². The van der Waals surface area contributed by atoms with Gasteiger partial charge < -0.3 is 19.4 Å². The molecule has 0 bridgehead atoms. The number of carbonyl (C=O) groups excluding carboxylic acids is 2. The van der Waals surface area contributed by atoms with Gasteiger partial charge in [0.05, 0.1) is 34.5 Å². The van der Waals surface area contributed by atoms with Gasteiger partial charge in [-0.25, -0.2) is 9.37 Å². The topological polar surface area (TPSA) is 96.7 Å². The molecule has 6 rings (SSSR count). The summed E-state index contributed by atoms with van der Waals surface area (Å²) in [5, 5.41) is 8.55. The number of methoxy groups -OCH3 is 1. The van der Waals surface area contributed by atoms with E-state index in [1.165, 1.54) is 0 Å². The third kappa shape index (κ3) is 5.56. The molecule has 2 aliphatic rings. The highest BCUT2D eigenvalue weighted by molar-refractivity contribution is 7.21. The minimum Gasteiger partial charge on any atom is -0.493 e. The van der Waals surface area contributed by atoms with Crippen molar-refractivity contribution in [2.24, 2.45) is 0 Å². The van der Waals surface area contributed by atoms with Crippen LogP contribution in [0.5, 0.6) is 5.75 Å². The lowest BCUT2D eigenvalue weighted by Gasteiger charge is -2.35. The van der Waals surface area contributed by atoms with Gasteiger partial charge in [-0.2, -0.15) is 0 Å². The van der Waals surface area contributed by atoms with E-state index < -0.39 is 5.82 Å². The molecule has 0 radical (unpaired) electrons. The molecule has 3 aromatic heterocycles. The Morgan fingerprint density at radius 1 is 1.12 bits per heavy atom. The van der Waals surface area contributed by atoms with Gasteiger partial charge in [0.25, 0.3) is 5.91 Å². The third-order valence-corrected chi connectivity index (χ3v) is 9.05. The van der Waals surface area contributed by atoms with E-state index in [1.807, 2.05) is 18.2 Å². The molecule has 0 spiro atoms. The predicted octanol–water partition coefficient (Wildman–Crippen LogP) is 4.36. The van der Waals surface area contributed by atoms with Gasteiger partial charge >= 0.3 is 0 Å². The summed E-state index contributed by atoms with van der Waals surface area (Å²) < 4.78 is 23.3. The van der Waals surface area contributed by atoms with Crippen LogP contribution in [0.1, 0.15) is 28.1 Å². The van der Waals surface area contributed by atoms with Crippen molar-refractivity contribution < 1.29 is 18.7 Å². The van der Waals surface area contributed by atoms with Gasteiger partial charge in [0.2, 0.25) is 5.91 Å². The first-order chi connectivity index (χ1) is 20.4. The van der Waals surface area contributed by atoms with Gasteiger partial charge in [-0.1, -0.05) is 22.9 Å². The molecule has 1 fully saturated rings. The SMILES string of the molecule is COc1cccnc1N1CCN(C(=O)c2cc3c(Cl)cc(C4=CCCN(C(=O)CCn5ccnn5)C4)c(F)c3s2)CC1. The Labute approximate surface area is 250 Å². The van der Waals surface area contributed by atoms with Crippen molar-refractivity contribution in [2.45, 2.75) is 19.4 Å². The van der Waals surface area contributed by atoms with Gasteiger partial charge in [0.15, 0.2) is 11.6 Å². The third-order valence-electron chi connectivity index (χ3n) is 7.62. The van der Waals surface area contributed by atoms with Crippen LogP contribution < -0.4 is 9.64 Å². The second kappa shape index (κ2) is 12.1. The average molecular weight is 610 g/mol. The van der Waals surface area contributed by atoms with Crippen LogP contribution in [0.2, 0.25) is 5.02 Å². The minimum atomic E-state index is -0.423. The highest BCUT2D eigenvalue weighted by Crippen LogP contribution is 2.39. The Hall–Kier alpha value is -4.03. The lowest BCUT2D eigenvalue weighted by Crippen LogP contribution is -2.49. The maximum Gasteiger partial charge on any atom is 0.264 e. The summed E-state index contributed by atoms with van der Waals surface area (Å²) in [6.45, 7) is 3.49. The standard InChI is InChI=1S/C29H29ClFN7O3S/c1-41-23-5-2-7-32-28(23)35-12-14-36(15-13-35)29(40)24-17-21-22(30)16-20(26(31)27(21)42-24)19-4-3-9-37(18-19)25(39)6-10-38-11-8-33-34-38/h2,4-5,7-8,11,16-17H,3,6,9-10,12-15,18H2,1H3. The Bertz CT molecular complexity index is 1650. The van der Waals surface area contributed by atoms with Crippen LogP contribution in [0.3, 0.4) is 0 Å². The minimum absolute atomic E-state index is 0.0331. The Morgan fingerprint density at radius 2 is 1.95 bits per heavy atom. The number of aryl methyl sites for hydroxylation is 1. The Balaban J connectivity index is 1.16. The summed E-state index contributed by atoms with van der Waals surface area (Å²) in [6, 6.07) is 6.97. The number of fused-ring (bicyclic) bond motifs is 1. The molecular formula is C29H29ClFN7O3S. The molecule has 2 aliphatic heterocycles. The molecule has 0 aliphatic carbocycles. The van der Waals surface area contributed by atoms with Crippen molar-refractivity contribution in [3.8, 4) is 5.75 Å². The normalized spacial score (nSPS) is 15.7. The number of halogens is 2. The quantitative estimate of drug-likeness (QED) is 0.307. The molecule has 2 amide bonds. The van der Waals surface area contributed by atoms with Gasteiger partial charge in [-0.15, -0.1) is 16.4 Å². The van der Waals surface area contributed by atoms with E-state index in [2.05, 4.69) is 20.2 Å². The highest BCUT2D eigenvalue weighted by atomic mass is 35.5. The fourth-order valence-electron chi connectivity index (χ4n) is 5.39. The van der Waals surface area contributed by atoms with Crippen molar-refractivity contribution in [1.82, 2.24) is 29.8 Å². The monoisotopic (exact) mass is 609 g/mol. The molecule has 42 heavy (non-hydrogen) atoms. The van der Waals surface area contributed by atoms with Crippen LogP contribution in [0.15, 0.2) is 48.9 Å². The Morgan fingerprint density at radius 3 is 2.71 bits per heavy atom. The summed E-state index contributed by atoms with van der Waals surface area (Å²) in [4.78, 5) is 36.8. The molecule has 10 nitrogen and oxygen atoms in total. The fourth-order valence-corrected chi connectivity index (χ4v) is 6.79. The second-order valence-electron chi connectivity index (χ2n) is 10.1. The number of hydrogen-bond acceptors (Lipinski definition) is 8. The van der Waals surface area contributed by atoms with Crippen molar-refractivity contribution in [1.29, 1.82) is 0 Å². The van der Waals surface area contributed by atoms with Crippen LogP contribution in [-0.2, 0) is 11.3 Å². The van der Waals surface area contributed by atoms with E-state index in [0.717, 1.165) is 17.2 Å². The number of nitrogens with zero attached hydrogens (tertiary/aromatic N) is 7. The number of anilines is 1. The van der Waals surface area contributed by atoms with E-state index in [-0.39, 0.29) is 24.8 Å². The average Bonchev–Trinajstić information content (AvgIpc) is 3.73. The molecule has 0 saturated carbocycles. The van der Waals surface area contributed by atoms with Crippen LogP contribution in [0.4, 0.5) is 10.2 Å². The number of aromatic nitrogens is 4. The molecule has 0 N–H and O–H groups in total. The zero-order chi connectivity index (χ0) is 29.2. The molecule has 1 saturated heterocycles. The molecule has 1 aromatic carbocycles. The largest absolute Gasteiger partial charge is 0.493 e. The zero-order valence-electron chi connectivity index (χ0n) is 23.0. The van der Waals surface area contributed by atoms with Crippen molar-refractivity contribution in [2.75, 3.05) is 51.3 Å². The van der Waals surface area contributed by atoms with Gasteiger partial charge in [0.1, 0.15) is 5.82 Å². The van der Waals surface area contributed by atoms with Crippen molar-refractivity contribution >= 4 is 56.2 Å². The smallest absolute Gasteiger partial charge is 0.264 e.